The van der Waals surface area contributed by atoms with Crippen molar-refractivity contribution in [3.05, 3.63) is 0 Å². The highest BCUT2D eigenvalue weighted by Gasteiger charge is 2.19. The van der Waals surface area contributed by atoms with E-state index >= 15 is 0 Å². The van der Waals surface area contributed by atoms with Gasteiger partial charge in [-0.15, -0.1) is 0 Å². The van der Waals surface area contributed by atoms with Crippen molar-refractivity contribution in [3.8, 4) is 0 Å². The Bertz CT molecular complexity index is 730. The first-order valence-electron chi connectivity index (χ1n) is 22.0. The monoisotopic (exact) mass is 727 g/mol. The van der Waals surface area contributed by atoms with Crippen molar-refractivity contribution in [1.29, 1.82) is 0 Å². The molecule has 0 spiro atoms. The Morgan fingerprint density at radius 1 is 0.451 bits per heavy atom. The average molecular weight is 727 g/mol. The second-order valence-electron chi connectivity index (χ2n) is 15.1. The summed E-state index contributed by atoms with van der Waals surface area (Å²) in [7, 11) is 1.74. The van der Waals surface area contributed by atoms with Crippen LogP contribution in [-0.2, 0) is 33.3 Å². The van der Waals surface area contributed by atoms with E-state index in [4.69, 9.17) is 23.7 Å². The molecule has 0 aromatic rings. The Balaban J connectivity index is 4.51. The number of carbonyl (C=O) groups is 2. The number of unbranched alkanes of at least 4 members (excludes halogenated alkanes) is 20. The van der Waals surface area contributed by atoms with Crippen molar-refractivity contribution >= 4 is 11.9 Å². The summed E-state index contributed by atoms with van der Waals surface area (Å²) in [6.45, 7) is 12.0. The average Bonchev–Trinajstić information content (AvgIpc) is 3.13. The fraction of sp³-hybridized carbons (Fsp3) is 0.955. The van der Waals surface area contributed by atoms with Crippen LogP contribution >= 0.6 is 0 Å². The number of ether oxygens (including phenoxy) is 5. The zero-order chi connectivity index (χ0) is 37.5. The van der Waals surface area contributed by atoms with Gasteiger partial charge in [0.2, 0.25) is 0 Å². The molecule has 0 radical (unpaired) electrons. The maximum atomic E-state index is 12.8. The summed E-state index contributed by atoms with van der Waals surface area (Å²) in [5.74, 6) is 0.455. The SMILES string of the molecule is CCCCCCCCCCCCCC(=O)OCC(COCC(CC)CCOCC(CC)CCOC)OC(=O)CCCCCCCCCCCCC. The molecule has 0 rings (SSSR count). The molecule has 7 heteroatoms. The largest absolute Gasteiger partial charge is 0.462 e. The third kappa shape index (κ3) is 35.6. The van der Waals surface area contributed by atoms with E-state index < -0.39 is 6.10 Å². The van der Waals surface area contributed by atoms with Crippen LogP contribution in [0, 0.1) is 11.8 Å². The first-order valence-corrected chi connectivity index (χ1v) is 22.0. The number of carbonyl (C=O) groups excluding carboxylic acids is 2. The zero-order valence-electron chi connectivity index (χ0n) is 34.6. The van der Waals surface area contributed by atoms with Crippen LogP contribution < -0.4 is 0 Å². The quantitative estimate of drug-likeness (QED) is 0.0458. The summed E-state index contributed by atoms with van der Waals surface area (Å²) < 4.78 is 28.7. The highest BCUT2D eigenvalue weighted by atomic mass is 16.6. The van der Waals surface area contributed by atoms with E-state index in [1.54, 1.807) is 7.11 Å². The van der Waals surface area contributed by atoms with Crippen molar-refractivity contribution in [2.75, 3.05) is 46.8 Å². The molecule has 3 unspecified atom stereocenters. The van der Waals surface area contributed by atoms with Crippen LogP contribution in [0.3, 0.4) is 0 Å². The lowest BCUT2D eigenvalue weighted by Crippen LogP contribution is -2.30. The minimum absolute atomic E-state index is 0.0562. The molecule has 7 nitrogen and oxygen atoms in total. The lowest BCUT2D eigenvalue weighted by molar-refractivity contribution is -0.163. The molecule has 0 aliphatic carbocycles. The van der Waals surface area contributed by atoms with Gasteiger partial charge in [0, 0.05) is 46.4 Å². The maximum Gasteiger partial charge on any atom is 0.306 e. The number of esters is 2. The van der Waals surface area contributed by atoms with Gasteiger partial charge in [-0.3, -0.25) is 9.59 Å². The van der Waals surface area contributed by atoms with E-state index in [0.29, 0.717) is 37.9 Å². The first kappa shape index (κ1) is 49.8. The topological polar surface area (TPSA) is 80.3 Å². The normalized spacial score (nSPS) is 13.3. The molecule has 3 atom stereocenters. The summed E-state index contributed by atoms with van der Waals surface area (Å²) in [6, 6.07) is 0. The van der Waals surface area contributed by atoms with Crippen molar-refractivity contribution in [2.45, 2.75) is 214 Å². The number of hydrogen-bond donors (Lipinski definition) is 0. The Hall–Kier alpha value is -1.18. The summed E-state index contributed by atoms with van der Waals surface area (Å²) >= 11 is 0. The molecule has 0 bridgehead atoms. The summed E-state index contributed by atoms with van der Waals surface area (Å²) in [6.07, 6.45) is 31.6. The molecule has 0 fully saturated rings. The molecule has 0 aliphatic heterocycles. The Labute approximate surface area is 316 Å². The lowest BCUT2D eigenvalue weighted by Gasteiger charge is -2.21. The van der Waals surface area contributed by atoms with Gasteiger partial charge in [-0.25, -0.2) is 0 Å². The standard InChI is InChI=1S/C44H86O7/c1-6-10-12-14-16-18-20-22-24-26-28-30-43(45)50-39-42(51-44(46)31-29-27-25-23-21-19-17-15-13-11-7-2)38-49-37-41(9-4)33-35-48-36-40(8-3)32-34-47-5/h40-42H,6-39H2,1-5H3. The molecule has 0 saturated carbocycles. The Kier molecular flexibility index (Phi) is 39.1. The minimum atomic E-state index is -0.577. The van der Waals surface area contributed by atoms with Gasteiger partial charge in [0.15, 0.2) is 6.10 Å². The van der Waals surface area contributed by atoms with Crippen molar-refractivity contribution < 1.29 is 33.3 Å². The van der Waals surface area contributed by atoms with E-state index in [-0.39, 0.29) is 25.2 Å². The molecule has 0 saturated heterocycles. The van der Waals surface area contributed by atoms with E-state index in [0.717, 1.165) is 64.6 Å². The van der Waals surface area contributed by atoms with Crippen LogP contribution in [0.1, 0.15) is 207 Å². The lowest BCUT2D eigenvalue weighted by atomic mass is 10.0. The Morgan fingerprint density at radius 2 is 0.863 bits per heavy atom. The van der Waals surface area contributed by atoms with Crippen LogP contribution in [-0.4, -0.2) is 64.8 Å². The minimum Gasteiger partial charge on any atom is -0.462 e. The smallest absolute Gasteiger partial charge is 0.306 e. The highest BCUT2D eigenvalue weighted by Crippen LogP contribution is 2.16. The van der Waals surface area contributed by atoms with Crippen molar-refractivity contribution in [2.24, 2.45) is 11.8 Å². The van der Waals surface area contributed by atoms with Crippen molar-refractivity contribution in [1.82, 2.24) is 0 Å². The number of rotatable bonds is 41. The Morgan fingerprint density at radius 3 is 1.31 bits per heavy atom. The van der Waals surface area contributed by atoms with E-state index in [9.17, 15) is 9.59 Å². The molecule has 0 heterocycles. The third-order valence-corrected chi connectivity index (χ3v) is 10.3. The van der Waals surface area contributed by atoms with Gasteiger partial charge < -0.3 is 23.7 Å². The second-order valence-corrected chi connectivity index (χ2v) is 15.1. The maximum absolute atomic E-state index is 12.8. The summed E-state index contributed by atoms with van der Waals surface area (Å²) in [5, 5.41) is 0. The van der Waals surface area contributed by atoms with Gasteiger partial charge in [0.25, 0.3) is 0 Å². The molecular formula is C44H86O7. The van der Waals surface area contributed by atoms with Gasteiger partial charge in [0.1, 0.15) is 6.61 Å². The van der Waals surface area contributed by atoms with E-state index in [1.807, 2.05) is 0 Å². The van der Waals surface area contributed by atoms with Gasteiger partial charge in [-0.1, -0.05) is 169 Å². The molecule has 0 N–H and O–H groups in total. The fourth-order valence-corrected chi connectivity index (χ4v) is 6.45. The molecule has 51 heavy (non-hydrogen) atoms. The van der Waals surface area contributed by atoms with Crippen molar-refractivity contribution in [3.63, 3.8) is 0 Å². The number of hydrogen-bond acceptors (Lipinski definition) is 7. The van der Waals surface area contributed by atoms with Gasteiger partial charge >= 0.3 is 11.9 Å². The molecule has 304 valence electrons. The van der Waals surface area contributed by atoms with Crippen LogP contribution in [0.5, 0.6) is 0 Å². The molecule has 0 aromatic carbocycles. The van der Waals surface area contributed by atoms with Crippen LogP contribution in [0.4, 0.5) is 0 Å². The van der Waals surface area contributed by atoms with Crippen LogP contribution in [0.2, 0.25) is 0 Å². The fourth-order valence-electron chi connectivity index (χ4n) is 6.45. The highest BCUT2D eigenvalue weighted by molar-refractivity contribution is 5.70. The zero-order valence-corrected chi connectivity index (χ0v) is 34.6. The molecule has 0 amide bonds. The third-order valence-electron chi connectivity index (χ3n) is 10.3. The molecule has 0 aliphatic rings. The van der Waals surface area contributed by atoms with Gasteiger partial charge in [-0.2, -0.15) is 0 Å². The first-order chi connectivity index (χ1) is 25.0. The predicted molar refractivity (Wildman–Crippen MR) is 213 cm³/mol. The second kappa shape index (κ2) is 40.0. The predicted octanol–water partition coefficient (Wildman–Crippen LogP) is 12.4. The summed E-state index contributed by atoms with van der Waals surface area (Å²) in [5.41, 5.74) is 0. The molecular weight excluding hydrogens is 640 g/mol. The number of methoxy groups -OCH3 is 1. The van der Waals surface area contributed by atoms with E-state index in [1.165, 1.54) is 116 Å². The van der Waals surface area contributed by atoms with Crippen LogP contribution in [0.25, 0.3) is 0 Å². The van der Waals surface area contributed by atoms with E-state index in [2.05, 4.69) is 27.7 Å². The van der Waals surface area contributed by atoms with Gasteiger partial charge in [-0.05, 0) is 37.5 Å². The van der Waals surface area contributed by atoms with Crippen LogP contribution in [0.15, 0.2) is 0 Å². The van der Waals surface area contributed by atoms with Gasteiger partial charge in [0.05, 0.1) is 6.61 Å². The summed E-state index contributed by atoms with van der Waals surface area (Å²) in [4.78, 5) is 25.3. The molecule has 0 aromatic heterocycles.